The van der Waals surface area contributed by atoms with Crippen molar-refractivity contribution in [3.63, 3.8) is 0 Å². The fourth-order valence-corrected chi connectivity index (χ4v) is 3.90. The van der Waals surface area contributed by atoms with Gasteiger partial charge in [-0.2, -0.15) is 9.78 Å². The molecule has 1 heterocycles. The summed E-state index contributed by atoms with van der Waals surface area (Å²) >= 11 is 0. The van der Waals surface area contributed by atoms with Gasteiger partial charge in [0, 0.05) is 30.2 Å². The molecule has 0 saturated carbocycles. The van der Waals surface area contributed by atoms with Crippen molar-refractivity contribution in [1.29, 1.82) is 0 Å². The normalized spacial score (nSPS) is 13.6. The van der Waals surface area contributed by atoms with E-state index in [2.05, 4.69) is 5.10 Å². The molecule has 3 aromatic rings. The van der Waals surface area contributed by atoms with Crippen molar-refractivity contribution >= 4 is 9.84 Å². The first-order valence-corrected chi connectivity index (χ1v) is 13.1. The third-order valence-electron chi connectivity index (χ3n) is 5.25. The Morgan fingerprint density at radius 3 is 2.25 bits per heavy atom. The van der Waals surface area contributed by atoms with Crippen LogP contribution in [0.15, 0.2) is 58.4 Å². The Morgan fingerprint density at radius 2 is 1.69 bits per heavy atom. The summed E-state index contributed by atoms with van der Waals surface area (Å²) in [5, 5.41) is 4.09. The zero-order chi connectivity index (χ0) is 26.6. The molecule has 0 fully saturated rings. The van der Waals surface area contributed by atoms with E-state index in [1.54, 1.807) is 13.8 Å². The molecule has 11 heteroatoms. The lowest BCUT2D eigenvalue weighted by molar-refractivity contribution is -0.111. The number of alkyl halides is 1. The van der Waals surface area contributed by atoms with Gasteiger partial charge in [-0.15, -0.1) is 0 Å². The average Bonchev–Trinajstić information content (AvgIpc) is 2.80. The van der Waals surface area contributed by atoms with E-state index in [1.807, 2.05) is 0 Å². The van der Waals surface area contributed by atoms with Crippen LogP contribution < -0.4 is 10.3 Å². The summed E-state index contributed by atoms with van der Waals surface area (Å²) in [6.45, 7) is 5.02. The molecular formula is C25H27F3N2O5S. The van der Waals surface area contributed by atoms with Crippen molar-refractivity contribution in [2.45, 2.75) is 44.5 Å². The Balaban J connectivity index is 2.12. The van der Waals surface area contributed by atoms with Crippen LogP contribution in [-0.4, -0.2) is 43.5 Å². The van der Waals surface area contributed by atoms with Gasteiger partial charge >= 0.3 is 5.56 Å². The summed E-state index contributed by atoms with van der Waals surface area (Å²) in [5.41, 5.74) is -0.152. The number of aromatic nitrogens is 2. The van der Waals surface area contributed by atoms with Crippen LogP contribution in [0, 0.1) is 17.6 Å². The van der Waals surface area contributed by atoms with Crippen molar-refractivity contribution < 1.29 is 31.1 Å². The molecule has 1 aromatic heterocycles. The summed E-state index contributed by atoms with van der Waals surface area (Å²) in [6, 6.07) is 8.65. The SMILES string of the molecule is CC(F)CCOC(Oc1c(-c2ccc(S(C)(=O)=O)cc2)cnn(-c2ccc(F)c(F)c2)c1=O)C(C)C. The van der Waals surface area contributed by atoms with E-state index >= 15 is 0 Å². The molecule has 0 spiro atoms. The number of rotatable bonds is 10. The number of halogens is 3. The minimum atomic E-state index is -3.45. The lowest BCUT2D eigenvalue weighted by Crippen LogP contribution is -2.32. The van der Waals surface area contributed by atoms with Crippen LogP contribution in [0.3, 0.4) is 0 Å². The molecule has 0 N–H and O–H groups in total. The van der Waals surface area contributed by atoms with E-state index in [0.29, 0.717) is 5.56 Å². The van der Waals surface area contributed by atoms with Crippen molar-refractivity contribution in [3.05, 3.63) is 70.6 Å². The number of sulfone groups is 1. The van der Waals surface area contributed by atoms with Gasteiger partial charge in [0.25, 0.3) is 0 Å². The molecule has 2 atom stereocenters. The molecule has 0 bridgehead atoms. The van der Waals surface area contributed by atoms with Gasteiger partial charge in [0.1, 0.15) is 0 Å². The van der Waals surface area contributed by atoms with Crippen LogP contribution in [0.4, 0.5) is 13.2 Å². The predicted octanol–water partition coefficient (Wildman–Crippen LogP) is 4.71. The van der Waals surface area contributed by atoms with Crippen LogP contribution in [-0.2, 0) is 14.6 Å². The summed E-state index contributed by atoms with van der Waals surface area (Å²) in [5.74, 6) is -2.69. The minimum Gasteiger partial charge on any atom is -0.458 e. The van der Waals surface area contributed by atoms with E-state index in [4.69, 9.17) is 9.47 Å². The molecule has 0 aliphatic carbocycles. The fourth-order valence-electron chi connectivity index (χ4n) is 3.27. The maximum absolute atomic E-state index is 13.8. The monoisotopic (exact) mass is 524 g/mol. The Morgan fingerprint density at radius 1 is 1.03 bits per heavy atom. The number of ether oxygens (including phenoxy) is 2. The second kappa shape index (κ2) is 11.3. The smallest absolute Gasteiger partial charge is 0.314 e. The molecule has 0 amide bonds. The second-order valence-electron chi connectivity index (χ2n) is 8.67. The highest BCUT2D eigenvalue weighted by atomic mass is 32.2. The molecule has 0 saturated heterocycles. The lowest BCUT2D eigenvalue weighted by atomic mass is 10.1. The highest BCUT2D eigenvalue weighted by molar-refractivity contribution is 7.90. The average molecular weight is 525 g/mol. The molecule has 7 nitrogen and oxygen atoms in total. The third kappa shape index (κ3) is 6.52. The van der Waals surface area contributed by atoms with Gasteiger partial charge in [0.05, 0.1) is 29.6 Å². The highest BCUT2D eigenvalue weighted by Gasteiger charge is 2.23. The number of benzene rings is 2. The van der Waals surface area contributed by atoms with Gasteiger partial charge in [-0.25, -0.2) is 21.6 Å². The maximum atomic E-state index is 13.8. The summed E-state index contributed by atoms with van der Waals surface area (Å²) in [7, 11) is -3.45. The largest absolute Gasteiger partial charge is 0.458 e. The fraction of sp³-hybridized carbons (Fsp3) is 0.360. The van der Waals surface area contributed by atoms with Crippen molar-refractivity contribution in [1.82, 2.24) is 9.78 Å². The molecule has 0 aliphatic rings. The van der Waals surface area contributed by atoms with Crippen molar-refractivity contribution in [3.8, 4) is 22.6 Å². The van der Waals surface area contributed by atoms with Gasteiger partial charge < -0.3 is 9.47 Å². The van der Waals surface area contributed by atoms with Gasteiger partial charge in [-0.05, 0) is 36.8 Å². The molecule has 2 aromatic carbocycles. The van der Waals surface area contributed by atoms with Crippen LogP contribution in [0.25, 0.3) is 16.8 Å². The number of nitrogens with zero attached hydrogens (tertiary/aromatic N) is 2. The Hall–Kier alpha value is -3.18. The number of hydrogen-bond donors (Lipinski definition) is 0. The molecule has 0 aliphatic heterocycles. The van der Waals surface area contributed by atoms with Gasteiger partial charge in [0.15, 0.2) is 27.2 Å². The van der Waals surface area contributed by atoms with Crippen LogP contribution >= 0.6 is 0 Å². The zero-order valence-corrected chi connectivity index (χ0v) is 21.1. The predicted molar refractivity (Wildman–Crippen MR) is 129 cm³/mol. The van der Waals surface area contributed by atoms with E-state index in [9.17, 15) is 26.4 Å². The highest BCUT2D eigenvalue weighted by Crippen LogP contribution is 2.30. The minimum absolute atomic E-state index is 0.0315. The lowest BCUT2D eigenvalue weighted by Gasteiger charge is -2.24. The summed E-state index contributed by atoms with van der Waals surface area (Å²) < 4.78 is 76.7. The first kappa shape index (κ1) is 27.4. The Kier molecular flexibility index (Phi) is 8.57. The maximum Gasteiger partial charge on any atom is 0.314 e. The molecule has 2 unspecified atom stereocenters. The van der Waals surface area contributed by atoms with Gasteiger partial charge in [-0.1, -0.05) is 26.0 Å². The van der Waals surface area contributed by atoms with Crippen LogP contribution in [0.2, 0.25) is 0 Å². The Labute approximate surface area is 207 Å². The Bertz CT molecular complexity index is 1370. The van der Waals surface area contributed by atoms with E-state index in [-0.39, 0.29) is 40.8 Å². The quantitative estimate of drug-likeness (QED) is 0.357. The van der Waals surface area contributed by atoms with Crippen LogP contribution in [0.1, 0.15) is 27.2 Å². The van der Waals surface area contributed by atoms with Gasteiger partial charge in [0.2, 0.25) is 6.29 Å². The third-order valence-corrected chi connectivity index (χ3v) is 6.38. The van der Waals surface area contributed by atoms with Crippen molar-refractivity contribution in [2.24, 2.45) is 5.92 Å². The topological polar surface area (TPSA) is 87.5 Å². The number of hydrogen-bond acceptors (Lipinski definition) is 6. The molecular weight excluding hydrogens is 497 g/mol. The van der Waals surface area contributed by atoms with Crippen molar-refractivity contribution in [2.75, 3.05) is 12.9 Å². The van der Waals surface area contributed by atoms with E-state index in [0.717, 1.165) is 23.1 Å². The molecule has 3 rings (SSSR count). The zero-order valence-electron chi connectivity index (χ0n) is 20.2. The summed E-state index contributed by atoms with van der Waals surface area (Å²) in [4.78, 5) is 13.6. The summed E-state index contributed by atoms with van der Waals surface area (Å²) in [6.07, 6.45) is 0.472. The molecule has 36 heavy (non-hydrogen) atoms. The first-order valence-electron chi connectivity index (χ1n) is 11.2. The second-order valence-corrected chi connectivity index (χ2v) is 10.7. The van der Waals surface area contributed by atoms with E-state index < -0.39 is 39.5 Å². The standard InChI is InChI=1S/C25H27F3N2O5S/c1-15(2)25(34-12-11-16(3)26)35-23-20(17-5-8-19(9-6-17)36(4,32)33)14-29-30(24(23)31)18-7-10-21(27)22(28)13-18/h5-10,13-16,25H,11-12H2,1-4H3. The first-order chi connectivity index (χ1) is 16.9. The molecule has 0 radical (unpaired) electrons. The van der Waals surface area contributed by atoms with E-state index in [1.165, 1.54) is 43.5 Å². The molecule has 194 valence electrons. The van der Waals surface area contributed by atoms with Gasteiger partial charge in [-0.3, -0.25) is 4.79 Å². The van der Waals surface area contributed by atoms with Crippen LogP contribution in [0.5, 0.6) is 5.75 Å².